The Labute approximate surface area is 137 Å². The molecule has 0 aliphatic carbocycles. The van der Waals surface area contributed by atoms with Crippen LogP contribution in [0.1, 0.15) is 27.2 Å². The first-order chi connectivity index (χ1) is 11.1. The second kappa shape index (κ2) is 8.85. The summed E-state index contributed by atoms with van der Waals surface area (Å²) in [7, 11) is -1.85. The Morgan fingerprint density at radius 1 is 0.783 bits per heavy atom. The van der Waals surface area contributed by atoms with E-state index in [1.165, 1.54) is 0 Å². The molecule has 0 saturated carbocycles. The molecule has 0 aromatic heterocycles. The van der Waals surface area contributed by atoms with Crippen molar-refractivity contribution in [3.05, 3.63) is 60.7 Å². The molecule has 5 nitrogen and oxygen atoms in total. The molecule has 0 heterocycles. The van der Waals surface area contributed by atoms with Crippen molar-refractivity contribution < 1.29 is 23.6 Å². The molecule has 124 valence electrons. The summed E-state index contributed by atoms with van der Waals surface area (Å²) in [6.07, 6.45) is 0.787. The molecule has 23 heavy (non-hydrogen) atoms. The first-order valence-corrected chi connectivity index (χ1v) is 8.47. The minimum atomic E-state index is -1.85. The van der Waals surface area contributed by atoms with Gasteiger partial charge in [-0.15, -0.1) is 9.35 Å². The third-order valence-corrected chi connectivity index (χ3v) is 4.08. The fourth-order valence-corrected chi connectivity index (χ4v) is 2.32. The molecule has 0 N–H and O–H groups in total. The van der Waals surface area contributed by atoms with Crippen LogP contribution in [0.4, 0.5) is 0 Å². The van der Waals surface area contributed by atoms with Gasteiger partial charge < -0.3 is 14.3 Å². The Morgan fingerprint density at radius 2 is 1.22 bits per heavy atom. The highest BCUT2D eigenvalue weighted by atomic mass is 31.2. The van der Waals surface area contributed by atoms with Gasteiger partial charge in [-0.1, -0.05) is 43.3 Å². The summed E-state index contributed by atoms with van der Waals surface area (Å²) in [6, 6.07) is 18.3. The standard InChI is InChI=1S/C17H21O5P/c1-4-17(2,3)20-23(21-18-15-11-7-5-8-12-15)22-19-16-13-9-6-10-14-16/h5-14H,4H2,1-3H3. The zero-order valence-corrected chi connectivity index (χ0v) is 14.4. The number of benzene rings is 2. The molecule has 0 spiro atoms. The number of rotatable bonds is 9. The average Bonchev–Trinajstić information content (AvgIpc) is 2.59. The summed E-state index contributed by atoms with van der Waals surface area (Å²) < 4.78 is 16.4. The van der Waals surface area contributed by atoms with E-state index in [-0.39, 0.29) is 0 Å². The van der Waals surface area contributed by atoms with Crippen LogP contribution in [-0.2, 0) is 13.9 Å². The molecular weight excluding hydrogens is 315 g/mol. The van der Waals surface area contributed by atoms with Crippen molar-refractivity contribution in [2.45, 2.75) is 32.8 Å². The average molecular weight is 336 g/mol. The first-order valence-electron chi connectivity index (χ1n) is 7.38. The molecule has 2 rings (SSSR count). The van der Waals surface area contributed by atoms with Gasteiger partial charge in [0.15, 0.2) is 11.5 Å². The highest BCUT2D eigenvalue weighted by Gasteiger charge is 2.28. The van der Waals surface area contributed by atoms with Crippen molar-refractivity contribution in [1.29, 1.82) is 0 Å². The summed E-state index contributed by atoms with van der Waals surface area (Å²) in [4.78, 5) is 10.5. The molecular formula is C17H21O5P. The molecule has 0 radical (unpaired) electrons. The molecule has 6 heteroatoms. The van der Waals surface area contributed by atoms with Crippen LogP contribution < -0.4 is 9.78 Å². The highest BCUT2D eigenvalue weighted by Crippen LogP contribution is 2.45. The van der Waals surface area contributed by atoms with Crippen molar-refractivity contribution in [2.24, 2.45) is 0 Å². The second-order valence-corrected chi connectivity index (χ2v) is 6.30. The van der Waals surface area contributed by atoms with E-state index in [4.69, 9.17) is 23.6 Å². The van der Waals surface area contributed by atoms with E-state index in [0.29, 0.717) is 11.5 Å². The Morgan fingerprint density at radius 3 is 1.61 bits per heavy atom. The highest BCUT2D eigenvalue weighted by molar-refractivity contribution is 7.41. The van der Waals surface area contributed by atoms with E-state index in [9.17, 15) is 0 Å². The van der Waals surface area contributed by atoms with Crippen molar-refractivity contribution in [3.8, 4) is 11.5 Å². The summed E-state index contributed by atoms with van der Waals surface area (Å²) in [5.74, 6) is 1.11. The second-order valence-electron chi connectivity index (χ2n) is 5.37. The largest absolute Gasteiger partial charge is 0.417 e. The van der Waals surface area contributed by atoms with Crippen molar-refractivity contribution in [3.63, 3.8) is 0 Å². The predicted molar refractivity (Wildman–Crippen MR) is 88.7 cm³/mol. The van der Waals surface area contributed by atoms with E-state index < -0.39 is 14.2 Å². The molecule has 0 aliphatic heterocycles. The van der Waals surface area contributed by atoms with Gasteiger partial charge in [0, 0.05) is 0 Å². The van der Waals surface area contributed by atoms with E-state index in [2.05, 4.69) is 0 Å². The van der Waals surface area contributed by atoms with Gasteiger partial charge in [0.1, 0.15) is 0 Å². The zero-order chi connectivity index (χ0) is 16.5. The molecule has 2 aromatic carbocycles. The fourth-order valence-electron chi connectivity index (χ4n) is 1.41. The molecule has 0 atom stereocenters. The van der Waals surface area contributed by atoms with E-state index in [0.717, 1.165) is 6.42 Å². The third-order valence-electron chi connectivity index (χ3n) is 3.05. The summed E-state index contributed by atoms with van der Waals surface area (Å²) in [5.41, 5.74) is -0.425. The smallest absolute Gasteiger partial charge is 0.329 e. The van der Waals surface area contributed by atoms with Crippen LogP contribution in [0.25, 0.3) is 0 Å². The summed E-state index contributed by atoms with van der Waals surface area (Å²) in [6.45, 7) is 5.91. The van der Waals surface area contributed by atoms with Crippen LogP contribution in [0.2, 0.25) is 0 Å². The lowest BCUT2D eigenvalue weighted by Crippen LogP contribution is -2.22. The lowest BCUT2D eigenvalue weighted by atomic mass is 10.1. The van der Waals surface area contributed by atoms with Gasteiger partial charge in [-0.25, -0.2) is 0 Å². The SMILES string of the molecule is CCC(C)(C)OP(OOc1ccccc1)OOc1ccccc1. The lowest BCUT2D eigenvalue weighted by Gasteiger charge is -2.26. The molecule has 0 unspecified atom stereocenters. The molecule has 0 amide bonds. The van der Waals surface area contributed by atoms with E-state index in [1.54, 1.807) is 24.3 Å². The topological polar surface area (TPSA) is 46.2 Å². The third kappa shape index (κ3) is 6.55. The maximum absolute atomic E-state index is 5.80. The van der Waals surface area contributed by atoms with Crippen LogP contribution >= 0.6 is 8.60 Å². The fraction of sp³-hybridized carbons (Fsp3) is 0.294. The lowest BCUT2D eigenvalue weighted by molar-refractivity contribution is -0.184. The van der Waals surface area contributed by atoms with Gasteiger partial charge in [-0.2, -0.15) is 0 Å². The number of hydrogen-bond donors (Lipinski definition) is 0. The van der Waals surface area contributed by atoms with Crippen molar-refractivity contribution in [1.82, 2.24) is 0 Å². The Bertz CT molecular complexity index is 518. The van der Waals surface area contributed by atoms with Gasteiger partial charge >= 0.3 is 8.60 Å². The molecule has 2 aromatic rings. The van der Waals surface area contributed by atoms with E-state index >= 15 is 0 Å². The minimum Gasteiger partial charge on any atom is -0.329 e. The quantitative estimate of drug-likeness (QED) is 0.347. The monoisotopic (exact) mass is 336 g/mol. The van der Waals surface area contributed by atoms with Crippen LogP contribution in [0.15, 0.2) is 60.7 Å². The van der Waals surface area contributed by atoms with Gasteiger partial charge in [-0.05, 0) is 44.5 Å². The van der Waals surface area contributed by atoms with E-state index in [1.807, 2.05) is 57.2 Å². The Kier molecular flexibility index (Phi) is 6.81. The molecule has 0 fully saturated rings. The Hall–Kier alpha value is -1.65. The normalized spacial score (nSPS) is 11.5. The van der Waals surface area contributed by atoms with Gasteiger partial charge in [0.2, 0.25) is 0 Å². The van der Waals surface area contributed by atoms with Crippen LogP contribution in [0.5, 0.6) is 11.5 Å². The summed E-state index contributed by atoms with van der Waals surface area (Å²) in [5, 5.41) is 0. The maximum atomic E-state index is 5.80. The van der Waals surface area contributed by atoms with Gasteiger partial charge in [-0.3, -0.25) is 0 Å². The Balaban J connectivity index is 1.93. The first kappa shape index (κ1) is 17.7. The van der Waals surface area contributed by atoms with Crippen LogP contribution in [-0.4, -0.2) is 5.60 Å². The van der Waals surface area contributed by atoms with Crippen LogP contribution in [0, 0.1) is 0 Å². The maximum Gasteiger partial charge on any atom is 0.417 e. The van der Waals surface area contributed by atoms with Crippen LogP contribution in [0.3, 0.4) is 0 Å². The van der Waals surface area contributed by atoms with Crippen molar-refractivity contribution in [2.75, 3.05) is 0 Å². The number of hydrogen-bond acceptors (Lipinski definition) is 5. The van der Waals surface area contributed by atoms with Crippen molar-refractivity contribution >= 4 is 8.60 Å². The zero-order valence-electron chi connectivity index (χ0n) is 13.5. The molecule has 0 saturated heterocycles. The minimum absolute atomic E-state index is 0.425. The summed E-state index contributed by atoms with van der Waals surface area (Å²) >= 11 is 0. The predicted octanol–water partition coefficient (Wildman–Crippen LogP) is 5.44. The van der Waals surface area contributed by atoms with Gasteiger partial charge in [0.25, 0.3) is 0 Å². The van der Waals surface area contributed by atoms with Gasteiger partial charge in [0.05, 0.1) is 5.60 Å². The molecule has 0 aliphatic rings. The molecule has 0 bridgehead atoms. The number of para-hydroxylation sites is 2.